The molecule has 0 aliphatic carbocycles. The van der Waals surface area contributed by atoms with Gasteiger partial charge in [0.2, 0.25) is 12.3 Å². The molecule has 0 aromatic heterocycles. The molecule has 0 saturated heterocycles. The van der Waals surface area contributed by atoms with Gasteiger partial charge in [0.15, 0.2) is 0 Å². The van der Waals surface area contributed by atoms with Crippen LogP contribution < -0.4 is 20.9 Å². The molecule has 224 valence electrons. The summed E-state index contributed by atoms with van der Waals surface area (Å²) in [5, 5.41) is 0. The van der Waals surface area contributed by atoms with Gasteiger partial charge in [0.1, 0.15) is 17.2 Å². The minimum atomic E-state index is -0.271. The molecule has 0 fully saturated rings. The summed E-state index contributed by atoms with van der Waals surface area (Å²) in [6.45, 7) is 7.39. The number of para-hydroxylation sites is 1. The van der Waals surface area contributed by atoms with Crippen molar-refractivity contribution in [2.24, 2.45) is 11.5 Å². The maximum atomic E-state index is 10.6. The Labute approximate surface area is 250 Å². The van der Waals surface area contributed by atoms with Gasteiger partial charge in [-0.25, -0.2) is 0 Å². The third kappa shape index (κ3) is 15.2. The van der Waals surface area contributed by atoms with E-state index < -0.39 is 0 Å². The van der Waals surface area contributed by atoms with Gasteiger partial charge in [-0.2, -0.15) is 0 Å². The topological polar surface area (TPSA) is 114 Å². The minimum Gasteiger partial charge on any atom is -0.497 e. The molecule has 2 amide bonds. The van der Waals surface area contributed by atoms with Crippen molar-refractivity contribution >= 4 is 12.3 Å². The van der Waals surface area contributed by atoms with Crippen LogP contribution >= 0.6 is 0 Å². The van der Waals surface area contributed by atoms with Crippen molar-refractivity contribution in [3.8, 4) is 17.2 Å². The van der Waals surface area contributed by atoms with E-state index in [0.717, 1.165) is 34.8 Å². The van der Waals surface area contributed by atoms with E-state index in [1.54, 1.807) is 7.11 Å². The summed E-state index contributed by atoms with van der Waals surface area (Å²) in [4.78, 5) is 19.2. The lowest BCUT2D eigenvalue weighted by atomic mass is 10.0. The SMILES string of the molecule is CC.COc1ccc(C)c(CCC(N)=O)c1.NC=O.c1ccc(COCCc2ccc(Oc3ccccc3)cc2)cc1. The number of primary amides is 2. The zero-order valence-electron chi connectivity index (χ0n) is 25.1. The number of nitrogens with two attached hydrogens (primary N) is 2. The number of benzene rings is 4. The summed E-state index contributed by atoms with van der Waals surface area (Å²) in [5.41, 5.74) is 14.0. The first kappa shape index (κ1) is 35.4. The van der Waals surface area contributed by atoms with Crippen LogP contribution in [0.2, 0.25) is 0 Å². The van der Waals surface area contributed by atoms with Gasteiger partial charge in [0, 0.05) is 6.42 Å². The Bertz CT molecular complexity index is 1260. The molecule has 4 aromatic carbocycles. The molecule has 7 heteroatoms. The Morgan fingerprint density at radius 2 is 1.31 bits per heavy atom. The maximum Gasteiger partial charge on any atom is 0.217 e. The van der Waals surface area contributed by atoms with Crippen molar-refractivity contribution in [2.45, 2.75) is 46.6 Å². The predicted octanol–water partition coefficient (Wildman–Crippen LogP) is 6.79. The number of ether oxygens (including phenoxy) is 3. The highest BCUT2D eigenvalue weighted by atomic mass is 16.5. The molecule has 0 unspecified atom stereocenters. The first-order valence-electron chi connectivity index (χ1n) is 14.0. The van der Waals surface area contributed by atoms with E-state index >= 15 is 0 Å². The number of carbonyl (C=O) groups is 2. The van der Waals surface area contributed by atoms with Gasteiger partial charge in [0.25, 0.3) is 0 Å². The van der Waals surface area contributed by atoms with E-state index in [1.165, 1.54) is 11.1 Å². The van der Waals surface area contributed by atoms with Gasteiger partial charge < -0.3 is 25.7 Å². The number of hydrogen-bond donors (Lipinski definition) is 2. The van der Waals surface area contributed by atoms with Crippen LogP contribution in [0, 0.1) is 6.92 Å². The molecule has 7 nitrogen and oxygen atoms in total. The van der Waals surface area contributed by atoms with E-state index in [4.69, 9.17) is 24.7 Å². The van der Waals surface area contributed by atoms with Crippen molar-refractivity contribution in [1.82, 2.24) is 0 Å². The molecular formula is C35H44N2O5. The molecule has 0 aliphatic rings. The number of amides is 2. The highest BCUT2D eigenvalue weighted by Crippen LogP contribution is 2.21. The van der Waals surface area contributed by atoms with Crippen LogP contribution in [0.25, 0.3) is 0 Å². The molecule has 0 heterocycles. The van der Waals surface area contributed by atoms with Crippen molar-refractivity contribution < 1.29 is 23.8 Å². The smallest absolute Gasteiger partial charge is 0.217 e. The minimum absolute atomic E-state index is 0.250. The molecule has 0 radical (unpaired) electrons. The Morgan fingerprint density at radius 1 is 0.762 bits per heavy atom. The lowest BCUT2D eigenvalue weighted by molar-refractivity contribution is -0.118. The molecule has 42 heavy (non-hydrogen) atoms. The van der Waals surface area contributed by atoms with E-state index in [0.29, 0.717) is 26.1 Å². The number of rotatable bonds is 11. The van der Waals surface area contributed by atoms with Crippen LogP contribution in [0.1, 0.15) is 42.5 Å². The highest BCUT2D eigenvalue weighted by Gasteiger charge is 2.03. The van der Waals surface area contributed by atoms with Crippen molar-refractivity contribution in [1.29, 1.82) is 0 Å². The zero-order valence-corrected chi connectivity index (χ0v) is 25.1. The van der Waals surface area contributed by atoms with Crippen LogP contribution in [0.4, 0.5) is 0 Å². The van der Waals surface area contributed by atoms with Crippen LogP contribution in [-0.4, -0.2) is 26.0 Å². The molecule has 0 saturated carbocycles. The van der Waals surface area contributed by atoms with Gasteiger partial charge in [0.05, 0.1) is 20.3 Å². The fourth-order valence-corrected chi connectivity index (χ4v) is 3.61. The van der Waals surface area contributed by atoms with Gasteiger partial charge in [-0.15, -0.1) is 0 Å². The zero-order chi connectivity index (χ0) is 31.0. The number of hydrogen-bond acceptors (Lipinski definition) is 5. The van der Waals surface area contributed by atoms with Crippen LogP contribution in [0.15, 0.2) is 103 Å². The van der Waals surface area contributed by atoms with E-state index in [9.17, 15) is 4.79 Å². The molecule has 4 N–H and O–H groups in total. The molecule has 4 rings (SSSR count). The Balaban J connectivity index is 0.000000397. The number of carbonyl (C=O) groups excluding carboxylic acids is 2. The quantitative estimate of drug-likeness (QED) is 0.152. The largest absolute Gasteiger partial charge is 0.497 e. The summed E-state index contributed by atoms with van der Waals surface area (Å²) in [7, 11) is 1.63. The third-order valence-electron chi connectivity index (χ3n) is 5.75. The molecular weight excluding hydrogens is 528 g/mol. The first-order chi connectivity index (χ1) is 20.4. The fraction of sp³-hybridized carbons (Fsp3) is 0.257. The average molecular weight is 573 g/mol. The molecule has 0 atom stereocenters. The summed E-state index contributed by atoms with van der Waals surface area (Å²) in [6, 6.07) is 34.1. The van der Waals surface area contributed by atoms with E-state index in [-0.39, 0.29) is 12.3 Å². The van der Waals surface area contributed by atoms with E-state index in [2.05, 4.69) is 30.0 Å². The van der Waals surface area contributed by atoms with Crippen LogP contribution in [0.3, 0.4) is 0 Å². The predicted molar refractivity (Wildman–Crippen MR) is 170 cm³/mol. The third-order valence-corrected chi connectivity index (χ3v) is 5.75. The lowest BCUT2D eigenvalue weighted by Crippen LogP contribution is -2.11. The summed E-state index contributed by atoms with van der Waals surface area (Å²) in [5.74, 6) is 2.25. The standard InChI is InChI=1S/C21H20O2.C11H15NO2.C2H6.CH3NO/c1-3-7-19(8-4-1)17-22-16-15-18-11-13-21(14-12-18)23-20-9-5-2-6-10-20;1-8-3-5-10(14-2)7-9(8)4-6-11(12)13;1-2;2-1-3/h1-14H,15-17H2;3,5,7H,4,6H2,1-2H3,(H2,12,13);1-2H3;1H,(H2,2,3). The monoisotopic (exact) mass is 572 g/mol. The first-order valence-corrected chi connectivity index (χ1v) is 14.0. The van der Waals surface area contributed by atoms with E-state index in [1.807, 2.05) is 99.6 Å². The second-order valence-electron chi connectivity index (χ2n) is 8.74. The number of methoxy groups -OCH3 is 1. The maximum absolute atomic E-state index is 10.6. The summed E-state index contributed by atoms with van der Waals surface area (Å²) < 4.78 is 16.6. The summed E-state index contributed by atoms with van der Waals surface area (Å²) in [6.07, 6.45) is 2.21. The second kappa shape index (κ2) is 22.1. The molecule has 0 aliphatic heterocycles. The Hall–Kier alpha value is -4.62. The van der Waals surface area contributed by atoms with Crippen molar-refractivity contribution in [2.75, 3.05) is 13.7 Å². The second-order valence-corrected chi connectivity index (χ2v) is 8.74. The highest BCUT2D eigenvalue weighted by molar-refractivity contribution is 5.74. The number of aryl methyl sites for hydroxylation is 2. The Morgan fingerprint density at radius 3 is 1.88 bits per heavy atom. The molecule has 4 aromatic rings. The molecule has 0 spiro atoms. The fourth-order valence-electron chi connectivity index (χ4n) is 3.61. The Kier molecular flexibility index (Phi) is 18.6. The van der Waals surface area contributed by atoms with Crippen molar-refractivity contribution in [3.63, 3.8) is 0 Å². The van der Waals surface area contributed by atoms with Crippen LogP contribution in [-0.2, 0) is 33.8 Å². The average Bonchev–Trinajstić information content (AvgIpc) is 3.02. The molecule has 0 bridgehead atoms. The van der Waals surface area contributed by atoms with Gasteiger partial charge >= 0.3 is 0 Å². The van der Waals surface area contributed by atoms with Gasteiger partial charge in [-0.3, -0.25) is 9.59 Å². The van der Waals surface area contributed by atoms with Crippen molar-refractivity contribution in [3.05, 3.63) is 125 Å². The van der Waals surface area contributed by atoms with Crippen LogP contribution in [0.5, 0.6) is 17.2 Å². The summed E-state index contributed by atoms with van der Waals surface area (Å²) >= 11 is 0. The van der Waals surface area contributed by atoms with Gasteiger partial charge in [-0.1, -0.05) is 80.6 Å². The lowest BCUT2D eigenvalue weighted by Gasteiger charge is -2.07. The normalized spacial score (nSPS) is 9.43. The van der Waals surface area contributed by atoms with Gasteiger partial charge in [-0.05, 0) is 78.4 Å².